The maximum Gasteiger partial charge on any atom is 0.225 e. The second-order valence-corrected chi connectivity index (χ2v) is 12.1. The summed E-state index contributed by atoms with van der Waals surface area (Å²) in [6, 6.07) is 11.1. The van der Waals surface area contributed by atoms with E-state index in [1.807, 2.05) is 11.0 Å². The Balaban J connectivity index is 1.09. The van der Waals surface area contributed by atoms with E-state index in [-0.39, 0.29) is 23.2 Å². The molecule has 1 aliphatic rings. The van der Waals surface area contributed by atoms with E-state index < -0.39 is 0 Å². The molecule has 0 saturated carbocycles. The van der Waals surface area contributed by atoms with Gasteiger partial charge in [0.25, 0.3) is 0 Å². The van der Waals surface area contributed by atoms with Gasteiger partial charge >= 0.3 is 0 Å². The summed E-state index contributed by atoms with van der Waals surface area (Å²) in [4.78, 5) is 27.8. The van der Waals surface area contributed by atoms with Gasteiger partial charge in [-0.3, -0.25) is 9.79 Å². The van der Waals surface area contributed by atoms with Crippen molar-refractivity contribution in [1.82, 2.24) is 14.9 Å². The Morgan fingerprint density at radius 3 is 2.06 bits per heavy atom. The highest BCUT2D eigenvalue weighted by molar-refractivity contribution is 6.18. The lowest BCUT2D eigenvalue weighted by Crippen LogP contribution is -2.36. The highest BCUT2D eigenvalue weighted by atomic mass is 16.6. The number of carbonyl (C=O) groups excluding carboxylic acids is 1. The van der Waals surface area contributed by atoms with Gasteiger partial charge in [-0.2, -0.15) is 0 Å². The number of amides is 1. The molecule has 2 aromatic carbocycles. The molecule has 53 heavy (non-hydrogen) atoms. The van der Waals surface area contributed by atoms with E-state index >= 15 is 0 Å². The van der Waals surface area contributed by atoms with Crippen LogP contribution in [0, 0.1) is 0 Å². The van der Waals surface area contributed by atoms with Crippen LogP contribution in [-0.2, 0) is 52.7 Å². The van der Waals surface area contributed by atoms with Gasteiger partial charge in [0.2, 0.25) is 5.91 Å². The average Bonchev–Trinajstić information content (AvgIpc) is 3.17. The predicted molar refractivity (Wildman–Crippen MR) is 202 cm³/mol. The second kappa shape index (κ2) is 23.3. The molecule has 16 heteroatoms. The van der Waals surface area contributed by atoms with Crippen molar-refractivity contribution in [3.05, 3.63) is 70.5 Å². The molecule has 2 heterocycles. The van der Waals surface area contributed by atoms with Crippen molar-refractivity contribution in [1.29, 1.82) is 0 Å². The molecule has 1 aromatic heterocycles. The number of hydrogen-bond acceptors (Lipinski definition) is 15. The third kappa shape index (κ3) is 13.8. The Morgan fingerprint density at radius 2 is 1.45 bits per heavy atom. The molecule has 3 aromatic rings. The van der Waals surface area contributed by atoms with Gasteiger partial charge in [-0.25, -0.2) is 9.97 Å². The molecule has 0 spiro atoms. The first kappa shape index (κ1) is 41.3. The van der Waals surface area contributed by atoms with E-state index in [2.05, 4.69) is 32.4 Å². The zero-order chi connectivity index (χ0) is 37.7. The van der Waals surface area contributed by atoms with Gasteiger partial charge in [0, 0.05) is 38.8 Å². The molecule has 0 aliphatic carbocycles. The number of ether oxygens (including phenoxy) is 6. The fourth-order valence-corrected chi connectivity index (χ4v) is 5.57. The molecule has 1 aliphatic heterocycles. The molecule has 1 amide bonds. The largest absolute Gasteiger partial charge is 0.506 e. The van der Waals surface area contributed by atoms with E-state index in [0.29, 0.717) is 135 Å². The lowest BCUT2D eigenvalue weighted by Gasteiger charge is -2.29. The minimum Gasteiger partial charge on any atom is -0.506 e. The van der Waals surface area contributed by atoms with Crippen LogP contribution >= 0.6 is 0 Å². The Hall–Kier alpha value is -4.42. The minimum absolute atomic E-state index is 0.0109. The van der Waals surface area contributed by atoms with Crippen molar-refractivity contribution >= 4 is 28.9 Å². The molecule has 4 rings (SSSR count). The number of fused-ring (bicyclic) bond motifs is 1. The number of phenols is 1. The Labute approximate surface area is 311 Å². The number of rotatable bonds is 25. The summed E-state index contributed by atoms with van der Waals surface area (Å²) in [5, 5.41) is 13.3. The van der Waals surface area contributed by atoms with Gasteiger partial charge in [0.05, 0.1) is 103 Å². The first-order valence-corrected chi connectivity index (χ1v) is 17.9. The lowest BCUT2D eigenvalue weighted by molar-refractivity contribution is -0.133. The fourth-order valence-electron chi connectivity index (χ4n) is 5.57. The van der Waals surface area contributed by atoms with Crippen LogP contribution in [0.1, 0.15) is 34.2 Å². The van der Waals surface area contributed by atoms with Crippen molar-refractivity contribution in [2.24, 2.45) is 10.7 Å². The van der Waals surface area contributed by atoms with Crippen LogP contribution in [0.4, 0.5) is 17.3 Å². The highest BCUT2D eigenvalue weighted by Crippen LogP contribution is 2.27. The summed E-state index contributed by atoms with van der Waals surface area (Å²) in [5.74, 6) is 0.851. The van der Waals surface area contributed by atoms with Crippen LogP contribution in [0.2, 0.25) is 0 Å². The smallest absolute Gasteiger partial charge is 0.225 e. The van der Waals surface area contributed by atoms with E-state index in [4.69, 9.17) is 45.6 Å². The van der Waals surface area contributed by atoms with Crippen LogP contribution in [0.5, 0.6) is 5.75 Å². The molecule has 0 bridgehead atoms. The Morgan fingerprint density at radius 1 is 0.830 bits per heavy atom. The van der Waals surface area contributed by atoms with Crippen LogP contribution in [0.3, 0.4) is 0 Å². The van der Waals surface area contributed by atoms with Crippen LogP contribution < -0.4 is 22.5 Å². The zero-order valence-electron chi connectivity index (χ0n) is 30.6. The van der Waals surface area contributed by atoms with Crippen molar-refractivity contribution in [2.45, 2.75) is 25.9 Å². The SMILES string of the molecule is CN=C(c1ccc(O)c(N)c1)c1c(N)ncnc1NCc1ccc2c(c1)CCN(C(=O)CCOCCOCCOCCOCCOCCOCCN)C2. The Kier molecular flexibility index (Phi) is 18.2. The molecule has 290 valence electrons. The van der Waals surface area contributed by atoms with Gasteiger partial charge in [-0.05, 0) is 41.3 Å². The van der Waals surface area contributed by atoms with Crippen LogP contribution in [0.25, 0.3) is 0 Å². The molecule has 0 atom stereocenters. The molecule has 0 fully saturated rings. The van der Waals surface area contributed by atoms with E-state index in [9.17, 15) is 9.90 Å². The van der Waals surface area contributed by atoms with Crippen LogP contribution in [-0.4, -0.2) is 131 Å². The maximum atomic E-state index is 12.9. The number of aromatic nitrogens is 2. The molecule has 0 saturated heterocycles. The number of aliphatic imine (C=N–C) groups is 1. The predicted octanol–water partition coefficient (Wildman–Crippen LogP) is 1.76. The number of anilines is 3. The van der Waals surface area contributed by atoms with Gasteiger partial charge in [-0.1, -0.05) is 18.2 Å². The van der Waals surface area contributed by atoms with Crippen LogP contribution in [0.15, 0.2) is 47.7 Å². The molecule has 0 unspecified atom stereocenters. The number of carbonyl (C=O) groups is 1. The highest BCUT2D eigenvalue weighted by Gasteiger charge is 2.22. The lowest BCUT2D eigenvalue weighted by atomic mass is 9.97. The minimum atomic E-state index is -0.0109. The first-order chi connectivity index (χ1) is 25.9. The van der Waals surface area contributed by atoms with Crippen molar-refractivity contribution in [3.63, 3.8) is 0 Å². The number of benzene rings is 2. The maximum absolute atomic E-state index is 12.9. The third-order valence-corrected chi connectivity index (χ3v) is 8.32. The quantitative estimate of drug-likeness (QED) is 0.0362. The van der Waals surface area contributed by atoms with Crippen molar-refractivity contribution < 1.29 is 38.3 Å². The molecule has 16 nitrogen and oxygen atoms in total. The molecule has 0 radical (unpaired) electrons. The number of nitrogen functional groups attached to an aromatic ring is 2. The number of nitrogens with one attached hydrogen (secondary N) is 1. The summed E-state index contributed by atoms with van der Waals surface area (Å²) in [7, 11) is 1.65. The normalized spacial score (nSPS) is 12.9. The fraction of sp³-hybridized carbons (Fsp3) is 0.514. The number of aromatic hydroxyl groups is 1. The number of hydrogen-bond donors (Lipinski definition) is 5. The molecular weight excluding hydrogens is 684 g/mol. The van der Waals surface area contributed by atoms with Gasteiger partial charge in [-0.15, -0.1) is 0 Å². The summed E-state index contributed by atoms with van der Waals surface area (Å²) in [6.07, 6.45) is 2.48. The standard InChI is InChI=1S/C37H54N8O8/c1-41-35(29-4-5-32(46)31(39)23-29)34-36(40)43-26-44-37(34)42-24-27-2-3-30-25-45(9-6-28(30)22-27)33(47)7-10-48-12-14-50-16-18-52-20-21-53-19-17-51-15-13-49-11-8-38/h2-5,22-23,26,46H,6-21,24-25,38-39H2,1H3,(H3,40,42,43,44). The summed E-state index contributed by atoms with van der Waals surface area (Å²) in [6.45, 7) is 7.92. The second-order valence-electron chi connectivity index (χ2n) is 12.1. The average molecular weight is 739 g/mol. The summed E-state index contributed by atoms with van der Waals surface area (Å²) < 4.78 is 32.7. The van der Waals surface area contributed by atoms with Gasteiger partial charge < -0.3 is 60.9 Å². The zero-order valence-corrected chi connectivity index (χ0v) is 30.6. The van der Waals surface area contributed by atoms with E-state index in [1.54, 1.807) is 19.2 Å². The topological polar surface area (TPSA) is 224 Å². The summed E-state index contributed by atoms with van der Waals surface area (Å²) in [5.41, 5.74) is 23.0. The molecular formula is C37H54N8O8. The molecule has 8 N–H and O–H groups in total. The Bertz CT molecular complexity index is 1590. The number of nitrogens with two attached hydrogens (primary N) is 3. The number of phenolic OH excluding ortho intramolecular Hbond substituents is 1. The van der Waals surface area contributed by atoms with E-state index in [1.165, 1.54) is 18.0 Å². The van der Waals surface area contributed by atoms with Crippen molar-refractivity contribution in [3.8, 4) is 5.75 Å². The van der Waals surface area contributed by atoms with E-state index in [0.717, 1.165) is 17.5 Å². The number of nitrogens with zero attached hydrogens (tertiary/aromatic N) is 4. The monoisotopic (exact) mass is 738 g/mol. The third-order valence-electron chi connectivity index (χ3n) is 8.32. The van der Waals surface area contributed by atoms with Gasteiger partial charge in [0.1, 0.15) is 23.7 Å². The summed E-state index contributed by atoms with van der Waals surface area (Å²) >= 11 is 0. The van der Waals surface area contributed by atoms with Crippen molar-refractivity contribution in [2.75, 3.05) is 116 Å². The first-order valence-electron chi connectivity index (χ1n) is 17.9. The van der Waals surface area contributed by atoms with Gasteiger partial charge in [0.15, 0.2) is 0 Å².